The van der Waals surface area contributed by atoms with E-state index in [2.05, 4.69) is 16.2 Å². The third-order valence-corrected chi connectivity index (χ3v) is 3.85. The van der Waals surface area contributed by atoms with Crippen LogP contribution < -0.4 is 11.1 Å². The molecule has 0 fully saturated rings. The summed E-state index contributed by atoms with van der Waals surface area (Å²) in [6.45, 7) is 5.47. The zero-order valence-electron chi connectivity index (χ0n) is 16.1. The first-order valence-corrected chi connectivity index (χ1v) is 8.66. The van der Waals surface area contributed by atoms with Crippen molar-refractivity contribution in [3.05, 3.63) is 53.9 Å². The molecule has 0 unspecified atom stereocenters. The zero-order chi connectivity index (χ0) is 21.4. The fourth-order valence-corrected chi connectivity index (χ4v) is 2.33. The maximum atomic E-state index is 12.5. The predicted molar refractivity (Wildman–Crippen MR) is 105 cm³/mol. The SMILES string of the molecule is C#Cc1cccc(N)c1.CCCC(C)(C)C(=O)Nc1ccnc(C(F)(F)F)c1. The highest BCUT2D eigenvalue weighted by atomic mass is 19.4. The molecule has 4 nitrogen and oxygen atoms in total. The molecule has 150 valence electrons. The van der Waals surface area contributed by atoms with Crippen LogP contribution in [-0.2, 0) is 11.0 Å². The summed E-state index contributed by atoms with van der Waals surface area (Å²) in [5.74, 6) is 2.19. The molecule has 0 radical (unpaired) electrons. The number of terminal acetylenes is 1. The number of alkyl halides is 3. The number of nitrogen functional groups attached to an aromatic ring is 1. The number of benzene rings is 1. The first kappa shape index (κ1) is 23.0. The standard InChI is InChI=1S/C13H17F3N2O.C8H7N/c1-4-6-12(2,3)11(19)18-9-5-7-17-10(8-9)13(14,15)16;1-2-7-4-3-5-8(9)6-7/h5,7-8H,4,6H2,1-3H3,(H,17,18,19);1,3-6H,9H2. The van der Waals surface area contributed by atoms with Gasteiger partial charge in [0.2, 0.25) is 5.91 Å². The largest absolute Gasteiger partial charge is 0.433 e. The maximum absolute atomic E-state index is 12.5. The van der Waals surface area contributed by atoms with Crippen LogP contribution in [0.5, 0.6) is 0 Å². The summed E-state index contributed by atoms with van der Waals surface area (Å²) in [6.07, 6.45) is 3.12. The van der Waals surface area contributed by atoms with Crippen LogP contribution in [0.25, 0.3) is 0 Å². The Kier molecular flexibility index (Phi) is 8.05. The highest BCUT2D eigenvalue weighted by Crippen LogP contribution is 2.30. The van der Waals surface area contributed by atoms with Crippen LogP contribution >= 0.6 is 0 Å². The molecule has 3 N–H and O–H groups in total. The van der Waals surface area contributed by atoms with Gasteiger partial charge in [0.1, 0.15) is 5.69 Å². The molecule has 7 heteroatoms. The van der Waals surface area contributed by atoms with Gasteiger partial charge in [0.05, 0.1) is 0 Å². The van der Waals surface area contributed by atoms with Crippen molar-refractivity contribution in [2.45, 2.75) is 39.8 Å². The lowest BCUT2D eigenvalue weighted by atomic mass is 9.87. The number of hydrogen-bond acceptors (Lipinski definition) is 3. The molecule has 28 heavy (non-hydrogen) atoms. The number of carbonyl (C=O) groups excluding carboxylic acids is 1. The van der Waals surface area contributed by atoms with E-state index < -0.39 is 17.3 Å². The fourth-order valence-electron chi connectivity index (χ4n) is 2.33. The highest BCUT2D eigenvalue weighted by Gasteiger charge is 2.33. The van der Waals surface area contributed by atoms with Crippen molar-refractivity contribution in [1.82, 2.24) is 4.98 Å². The summed E-state index contributed by atoms with van der Waals surface area (Å²) < 4.78 is 37.5. The number of pyridine rings is 1. The van der Waals surface area contributed by atoms with Crippen molar-refractivity contribution < 1.29 is 18.0 Å². The molecule has 1 aromatic carbocycles. The van der Waals surface area contributed by atoms with Gasteiger partial charge in [0.25, 0.3) is 0 Å². The molecule has 0 bridgehead atoms. The Hall–Kier alpha value is -3.01. The average Bonchev–Trinajstić information content (AvgIpc) is 2.61. The van der Waals surface area contributed by atoms with Crippen molar-refractivity contribution in [3.63, 3.8) is 0 Å². The van der Waals surface area contributed by atoms with Gasteiger partial charge >= 0.3 is 6.18 Å². The van der Waals surface area contributed by atoms with Gasteiger partial charge in [-0.3, -0.25) is 9.78 Å². The van der Waals surface area contributed by atoms with Gasteiger partial charge < -0.3 is 11.1 Å². The highest BCUT2D eigenvalue weighted by molar-refractivity contribution is 5.94. The fraction of sp³-hybridized carbons (Fsp3) is 0.333. The Bertz CT molecular complexity index is 839. The number of amides is 1. The van der Waals surface area contributed by atoms with Gasteiger partial charge in [-0.15, -0.1) is 6.42 Å². The first-order valence-electron chi connectivity index (χ1n) is 8.66. The number of aromatic nitrogens is 1. The third-order valence-electron chi connectivity index (χ3n) is 3.85. The summed E-state index contributed by atoms with van der Waals surface area (Å²) in [6, 6.07) is 9.43. The van der Waals surface area contributed by atoms with Gasteiger partial charge in [-0.1, -0.05) is 39.2 Å². The second-order valence-corrected chi connectivity index (χ2v) is 6.79. The lowest BCUT2D eigenvalue weighted by molar-refractivity contribution is -0.141. The number of rotatable bonds is 4. The van der Waals surface area contributed by atoms with Crippen LogP contribution in [0.3, 0.4) is 0 Å². The van der Waals surface area contributed by atoms with E-state index in [4.69, 9.17) is 12.2 Å². The van der Waals surface area contributed by atoms with Crippen LogP contribution in [0.2, 0.25) is 0 Å². The molecule has 1 amide bonds. The van der Waals surface area contributed by atoms with Crippen molar-refractivity contribution in [2.24, 2.45) is 5.41 Å². The van der Waals surface area contributed by atoms with Crippen LogP contribution in [0, 0.1) is 17.8 Å². The van der Waals surface area contributed by atoms with E-state index in [-0.39, 0.29) is 11.6 Å². The molecule has 0 spiro atoms. The Morgan fingerprint density at radius 1 is 1.25 bits per heavy atom. The Balaban J connectivity index is 0.000000362. The molecule has 1 aromatic heterocycles. The van der Waals surface area contributed by atoms with Crippen LogP contribution in [0.15, 0.2) is 42.6 Å². The molecule has 2 rings (SSSR count). The van der Waals surface area contributed by atoms with E-state index in [1.54, 1.807) is 26.0 Å². The minimum absolute atomic E-state index is 0.108. The minimum atomic E-state index is -4.51. The Morgan fingerprint density at radius 3 is 2.43 bits per heavy atom. The van der Waals surface area contributed by atoms with Crippen LogP contribution in [0.4, 0.5) is 24.5 Å². The van der Waals surface area contributed by atoms with E-state index in [1.165, 1.54) is 6.07 Å². The first-order chi connectivity index (χ1) is 13.0. The van der Waals surface area contributed by atoms with Crippen molar-refractivity contribution in [1.29, 1.82) is 0 Å². The van der Waals surface area contributed by atoms with Gasteiger partial charge in [-0.2, -0.15) is 13.2 Å². The molecule has 1 heterocycles. The smallest absolute Gasteiger partial charge is 0.399 e. The van der Waals surface area contributed by atoms with Crippen LogP contribution in [-0.4, -0.2) is 10.9 Å². The molecule has 0 aliphatic heterocycles. The van der Waals surface area contributed by atoms with E-state index in [1.807, 2.05) is 19.1 Å². The Morgan fingerprint density at radius 2 is 1.93 bits per heavy atom. The summed E-state index contributed by atoms with van der Waals surface area (Å²) in [5.41, 5.74) is 5.46. The number of nitrogens with zero attached hydrogens (tertiary/aromatic N) is 1. The molecule has 0 atom stereocenters. The van der Waals surface area contributed by atoms with E-state index in [0.717, 1.165) is 24.2 Å². The summed E-state index contributed by atoms with van der Waals surface area (Å²) >= 11 is 0. The van der Waals surface area contributed by atoms with Crippen molar-refractivity contribution >= 4 is 17.3 Å². The van der Waals surface area contributed by atoms with Crippen molar-refractivity contribution in [3.8, 4) is 12.3 Å². The number of hydrogen-bond donors (Lipinski definition) is 2. The van der Waals surface area contributed by atoms with E-state index in [0.29, 0.717) is 12.1 Å². The van der Waals surface area contributed by atoms with E-state index >= 15 is 0 Å². The minimum Gasteiger partial charge on any atom is -0.399 e. The average molecular weight is 391 g/mol. The molecule has 0 aliphatic carbocycles. The predicted octanol–water partition coefficient (Wildman–Crippen LogP) is 5.12. The second-order valence-electron chi connectivity index (χ2n) is 6.79. The summed E-state index contributed by atoms with van der Waals surface area (Å²) in [7, 11) is 0. The normalized spacial score (nSPS) is 11.0. The quantitative estimate of drug-likeness (QED) is 0.562. The second kappa shape index (κ2) is 9.79. The molecule has 0 saturated carbocycles. The number of anilines is 2. The summed E-state index contributed by atoms with van der Waals surface area (Å²) in [5, 5.41) is 2.50. The number of carbonyl (C=O) groups is 1. The van der Waals surface area contributed by atoms with Gasteiger partial charge in [0.15, 0.2) is 0 Å². The molecule has 0 aliphatic rings. The maximum Gasteiger partial charge on any atom is 0.433 e. The lowest BCUT2D eigenvalue weighted by Crippen LogP contribution is -2.30. The van der Waals surface area contributed by atoms with Crippen molar-refractivity contribution in [2.75, 3.05) is 11.1 Å². The van der Waals surface area contributed by atoms with E-state index in [9.17, 15) is 18.0 Å². The molecule has 0 saturated heterocycles. The molecular formula is C21H24F3N3O. The topological polar surface area (TPSA) is 68.0 Å². The lowest BCUT2D eigenvalue weighted by Gasteiger charge is -2.23. The van der Waals surface area contributed by atoms with Gasteiger partial charge in [-0.05, 0) is 36.8 Å². The third kappa shape index (κ3) is 7.31. The number of nitrogens with one attached hydrogen (secondary N) is 1. The Labute approximate surface area is 163 Å². The molecular weight excluding hydrogens is 367 g/mol. The monoisotopic (exact) mass is 391 g/mol. The zero-order valence-corrected chi connectivity index (χ0v) is 16.1. The molecule has 2 aromatic rings. The van der Waals surface area contributed by atoms with Gasteiger partial charge in [-0.25, -0.2) is 0 Å². The summed E-state index contributed by atoms with van der Waals surface area (Å²) in [4.78, 5) is 15.2. The van der Waals surface area contributed by atoms with Crippen LogP contribution in [0.1, 0.15) is 44.9 Å². The number of nitrogens with two attached hydrogens (primary N) is 1. The van der Waals surface area contributed by atoms with Gasteiger partial charge in [0, 0.05) is 28.6 Å². The number of halogens is 3.